The first-order valence-corrected chi connectivity index (χ1v) is 9.47. The number of anilines is 2. The maximum Gasteiger partial charge on any atom is 0.262 e. The van der Waals surface area contributed by atoms with Gasteiger partial charge in [0.1, 0.15) is 5.75 Å². The summed E-state index contributed by atoms with van der Waals surface area (Å²) in [5.74, 6) is 0.689. The van der Waals surface area contributed by atoms with E-state index in [-0.39, 0.29) is 5.91 Å². The predicted octanol–water partition coefficient (Wildman–Crippen LogP) is 5.00. The first kappa shape index (κ1) is 19.6. The van der Waals surface area contributed by atoms with Gasteiger partial charge in [0.2, 0.25) is 0 Å². The fourth-order valence-electron chi connectivity index (χ4n) is 2.95. The number of benzene rings is 3. The van der Waals surface area contributed by atoms with Gasteiger partial charge in [0.15, 0.2) is 0 Å². The van der Waals surface area contributed by atoms with Gasteiger partial charge in [-0.2, -0.15) is 0 Å². The SMILES string of the molecule is CN(C)CCCOc1cccc(N(C(=O)c2ccccc2)c2ccccc2)c1. The zero-order chi connectivity index (χ0) is 19.8. The molecule has 0 saturated carbocycles. The van der Waals surface area contributed by atoms with Gasteiger partial charge in [0.05, 0.1) is 12.3 Å². The molecule has 1 amide bonds. The molecule has 0 unspecified atom stereocenters. The topological polar surface area (TPSA) is 32.8 Å². The first-order chi connectivity index (χ1) is 13.6. The number of ether oxygens (including phenoxy) is 1. The lowest BCUT2D eigenvalue weighted by Gasteiger charge is -2.24. The van der Waals surface area contributed by atoms with Crippen molar-refractivity contribution in [3.8, 4) is 5.75 Å². The molecule has 0 bridgehead atoms. The molecule has 0 aliphatic heterocycles. The highest BCUT2D eigenvalue weighted by Gasteiger charge is 2.20. The van der Waals surface area contributed by atoms with Gasteiger partial charge in [-0.1, -0.05) is 42.5 Å². The number of para-hydroxylation sites is 1. The Labute approximate surface area is 167 Å². The van der Waals surface area contributed by atoms with E-state index in [1.165, 1.54) is 0 Å². The van der Waals surface area contributed by atoms with Crippen LogP contribution in [0.4, 0.5) is 11.4 Å². The van der Waals surface area contributed by atoms with Crippen LogP contribution in [-0.2, 0) is 0 Å². The maximum atomic E-state index is 13.3. The van der Waals surface area contributed by atoms with Crippen LogP contribution in [0.3, 0.4) is 0 Å². The van der Waals surface area contributed by atoms with Crippen molar-refractivity contribution in [1.29, 1.82) is 0 Å². The van der Waals surface area contributed by atoms with Crippen LogP contribution >= 0.6 is 0 Å². The van der Waals surface area contributed by atoms with Crippen LogP contribution in [0.5, 0.6) is 5.75 Å². The van der Waals surface area contributed by atoms with Crippen molar-refractivity contribution in [2.45, 2.75) is 6.42 Å². The Morgan fingerprint density at radius 2 is 1.46 bits per heavy atom. The number of hydrogen-bond donors (Lipinski definition) is 0. The number of rotatable bonds is 8. The lowest BCUT2D eigenvalue weighted by atomic mass is 10.1. The molecule has 0 radical (unpaired) electrons. The minimum absolute atomic E-state index is 0.0726. The molecule has 0 atom stereocenters. The molecule has 0 N–H and O–H groups in total. The second-order valence-corrected chi connectivity index (χ2v) is 6.84. The number of carbonyl (C=O) groups excluding carboxylic acids is 1. The number of hydrogen-bond acceptors (Lipinski definition) is 3. The van der Waals surface area contributed by atoms with Crippen LogP contribution in [0, 0.1) is 0 Å². The Bertz CT molecular complexity index is 879. The highest BCUT2D eigenvalue weighted by Crippen LogP contribution is 2.30. The molecule has 0 heterocycles. The molecule has 3 rings (SSSR count). The van der Waals surface area contributed by atoms with Gasteiger partial charge >= 0.3 is 0 Å². The summed E-state index contributed by atoms with van der Waals surface area (Å²) in [6.07, 6.45) is 0.947. The monoisotopic (exact) mass is 374 g/mol. The molecule has 0 saturated heterocycles. The Hall–Kier alpha value is -3.11. The van der Waals surface area contributed by atoms with E-state index in [0.717, 1.165) is 30.1 Å². The molecule has 0 spiro atoms. The van der Waals surface area contributed by atoms with Crippen LogP contribution in [-0.4, -0.2) is 38.1 Å². The standard InChI is InChI=1S/C24H26N2O2/c1-25(2)17-10-18-28-23-16-9-15-22(19-23)26(21-13-7-4-8-14-21)24(27)20-11-5-3-6-12-20/h3-9,11-16,19H,10,17-18H2,1-2H3. The molecule has 3 aromatic rings. The Morgan fingerprint density at radius 3 is 2.14 bits per heavy atom. The average Bonchev–Trinajstić information content (AvgIpc) is 2.73. The van der Waals surface area contributed by atoms with E-state index in [1.54, 1.807) is 4.90 Å². The van der Waals surface area contributed by atoms with Crippen LogP contribution in [0.15, 0.2) is 84.9 Å². The normalized spacial score (nSPS) is 10.7. The molecule has 0 aliphatic carbocycles. The summed E-state index contributed by atoms with van der Waals surface area (Å²) in [7, 11) is 4.10. The minimum Gasteiger partial charge on any atom is -0.493 e. The smallest absolute Gasteiger partial charge is 0.262 e. The van der Waals surface area contributed by atoms with Crippen molar-refractivity contribution in [2.75, 3.05) is 32.1 Å². The molecule has 4 nitrogen and oxygen atoms in total. The number of nitrogens with zero attached hydrogens (tertiary/aromatic N) is 2. The van der Waals surface area contributed by atoms with Gasteiger partial charge < -0.3 is 9.64 Å². The van der Waals surface area contributed by atoms with Crippen LogP contribution < -0.4 is 9.64 Å². The van der Waals surface area contributed by atoms with Gasteiger partial charge in [-0.05, 0) is 56.9 Å². The summed E-state index contributed by atoms with van der Waals surface area (Å²) in [5.41, 5.74) is 2.25. The maximum absolute atomic E-state index is 13.3. The molecule has 0 aliphatic rings. The van der Waals surface area contributed by atoms with Crippen molar-refractivity contribution in [3.63, 3.8) is 0 Å². The third kappa shape index (κ3) is 5.21. The molecule has 0 aromatic heterocycles. The zero-order valence-electron chi connectivity index (χ0n) is 16.4. The summed E-state index contributed by atoms with van der Waals surface area (Å²) >= 11 is 0. The minimum atomic E-state index is -0.0726. The summed E-state index contributed by atoms with van der Waals surface area (Å²) in [6, 6.07) is 26.7. The summed E-state index contributed by atoms with van der Waals surface area (Å²) in [4.78, 5) is 17.1. The lowest BCUT2D eigenvalue weighted by molar-refractivity contribution is 0.0999. The van der Waals surface area contributed by atoms with E-state index in [0.29, 0.717) is 12.2 Å². The molecule has 4 heteroatoms. The lowest BCUT2D eigenvalue weighted by Crippen LogP contribution is -2.25. The number of carbonyl (C=O) groups is 1. The van der Waals surface area contributed by atoms with Crippen LogP contribution in [0.2, 0.25) is 0 Å². The molecule has 144 valence electrons. The molecular formula is C24H26N2O2. The van der Waals surface area contributed by atoms with Crippen molar-refractivity contribution in [1.82, 2.24) is 4.90 Å². The van der Waals surface area contributed by atoms with Crippen molar-refractivity contribution < 1.29 is 9.53 Å². The molecule has 28 heavy (non-hydrogen) atoms. The van der Waals surface area contributed by atoms with E-state index >= 15 is 0 Å². The quantitative estimate of drug-likeness (QED) is 0.521. The molecule has 3 aromatic carbocycles. The Morgan fingerprint density at radius 1 is 0.821 bits per heavy atom. The van der Waals surface area contributed by atoms with Crippen molar-refractivity contribution in [2.24, 2.45) is 0 Å². The summed E-state index contributed by atoms with van der Waals surface area (Å²) in [6.45, 7) is 1.61. The average molecular weight is 374 g/mol. The highest BCUT2D eigenvalue weighted by molar-refractivity contribution is 6.10. The van der Waals surface area contributed by atoms with Gasteiger partial charge in [-0.3, -0.25) is 9.69 Å². The fraction of sp³-hybridized carbons (Fsp3) is 0.208. The largest absolute Gasteiger partial charge is 0.493 e. The second-order valence-electron chi connectivity index (χ2n) is 6.84. The fourth-order valence-corrected chi connectivity index (χ4v) is 2.95. The second kappa shape index (κ2) is 9.72. The van der Waals surface area contributed by atoms with Gasteiger partial charge in [0, 0.05) is 23.9 Å². The molecular weight excluding hydrogens is 348 g/mol. The highest BCUT2D eigenvalue weighted by atomic mass is 16.5. The van der Waals surface area contributed by atoms with Crippen molar-refractivity contribution in [3.05, 3.63) is 90.5 Å². The molecule has 0 fully saturated rings. The predicted molar refractivity (Wildman–Crippen MR) is 114 cm³/mol. The van der Waals surface area contributed by atoms with Crippen molar-refractivity contribution >= 4 is 17.3 Å². The first-order valence-electron chi connectivity index (χ1n) is 9.47. The van der Waals surface area contributed by atoms with Crippen LogP contribution in [0.1, 0.15) is 16.8 Å². The van der Waals surface area contributed by atoms with E-state index < -0.39 is 0 Å². The summed E-state index contributed by atoms with van der Waals surface area (Å²) in [5, 5.41) is 0. The van der Waals surface area contributed by atoms with Gasteiger partial charge in [-0.25, -0.2) is 0 Å². The van der Waals surface area contributed by atoms with E-state index in [9.17, 15) is 4.79 Å². The number of amides is 1. The Balaban J connectivity index is 1.86. The van der Waals surface area contributed by atoms with E-state index in [2.05, 4.69) is 4.90 Å². The van der Waals surface area contributed by atoms with E-state index in [1.807, 2.05) is 99.0 Å². The third-order valence-corrected chi connectivity index (χ3v) is 4.33. The van der Waals surface area contributed by atoms with Crippen LogP contribution in [0.25, 0.3) is 0 Å². The zero-order valence-corrected chi connectivity index (χ0v) is 16.4. The van der Waals surface area contributed by atoms with Gasteiger partial charge in [0.25, 0.3) is 5.91 Å². The Kier molecular flexibility index (Phi) is 6.82. The van der Waals surface area contributed by atoms with Gasteiger partial charge in [-0.15, -0.1) is 0 Å². The third-order valence-electron chi connectivity index (χ3n) is 4.33. The van der Waals surface area contributed by atoms with E-state index in [4.69, 9.17) is 4.74 Å². The summed E-state index contributed by atoms with van der Waals surface area (Å²) < 4.78 is 5.90.